The predicted molar refractivity (Wildman–Crippen MR) is 91.9 cm³/mol. The highest BCUT2D eigenvalue weighted by atomic mass is 16.5. The minimum Gasteiger partial charge on any atom is -0.447 e. The molecule has 0 aliphatic rings. The molecule has 0 bridgehead atoms. The Morgan fingerprint density at radius 3 is 2.56 bits per heavy atom. The van der Waals surface area contributed by atoms with Gasteiger partial charge in [-0.05, 0) is 30.7 Å². The Morgan fingerprint density at radius 2 is 1.84 bits per heavy atom. The quantitative estimate of drug-likeness (QED) is 0.720. The summed E-state index contributed by atoms with van der Waals surface area (Å²) in [5.74, 6) is -0.739. The molecule has 1 aromatic carbocycles. The van der Waals surface area contributed by atoms with Gasteiger partial charge in [-0.25, -0.2) is 14.8 Å². The molecule has 126 valence electrons. The van der Waals surface area contributed by atoms with Gasteiger partial charge in [0.15, 0.2) is 11.8 Å². The summed E-state index contributed by atoms with van der Waals surface area (Å²) in [6.45, 7) is 1.75. The highest BCUT2D eigenvalue weighted by Gasteiger charge is 2.23. The fraction of sp³-hybridized carbons (Fsp3) is 0.167. The second-order valence-electron chi connectivity index (χ2n) is 5.25. The van der Waals surface area contributed by atoms with Crippen LogP contribution in [0.25, 0.3) is 11.0 Å². The number of ether oxygens (including phenoxy) is 1. The van der Waals surface area contributed by atoms with E-state index in [4.69, 9.17) is 4.74 Å². The number of anilines is 1. The third-order valence-corrected chi connectivity index (χ3v) is 3.49. The average Bonchev–Trinajstić information content (AvgIpc) is 2.66. The molecule has 0 aliphatic heterocycles. The Kier molecular flexibility index (Phi) is 4.94. The number of rotatable bonds is 5. The number of amides is 1. The van der Waals surface area contributed by atoms with Crippen LogP contribution in [0.5, 0.6) is 0 Å². The molecule has 1 unspecified atom stereocenters. The lowest BCUT2D eigenvalue weighted by Crippen LogP contribution is -2.32. The summed E-state index contributed by atoms with van der Waals surface area (Å²) in [6.07, 6.45) is 2.29. The third kappa shape index (κ3) is 3.95. The molecule has 0 aliphatic carbocycles. The van der Waals surface area contributed by atoms with Crippen LogP contribution in [-0.4, -0.2) is 32.9 Å². The number of para-hydroxylation sites is 2. The van der Waals surface area contributed by atoms with Gasteiger partial charge in [-0.15, -0.1) is 0 Å². The van der Waals surface area contributed by atoms with Crippen molar-refractivity contribution in [3.8, 4) is 0 Å². The van der Waals surface area contributed by atoms with Gasteiger partial charge in [0.05, 0.1) is 17.2 Å². The van der Waals surface area contributed by atoms with Crippen molar-refractivity contribution in [3.05, 3.63) is 60.6 Å². The third-order valence-electron chi connectivity index (χ3n) is 3.49. The van der Waals surface area contributed by atoms with E-state index in [1.165, 1.54) is 6.20 Å². The first-order chi connectivity index (χ1) is 12.2. The number of esters is 1. The van der Waals surface area contributed by atoms with Gasteiger partial charge in [0.25, 0.3) is 5.91 Å². The largest absolute Gasteiger partial charge is 0.447 e. The Labute approximate surface area is 144 Å². The number of carbonyl (C=O) groups is 2. The van der Waals surface area contributed by atoms with Crippen LogP contribution in [-0.2, 0) is 9.53 Å². The van der Waals surface area contributed by atoms with E-state index >= 15 is 0 Å². The molecule has 0 radical (unpaired) electrons. The summed E-state index contributed by atoms with van der Waals surface area (Å²) in [5.41, 5.74) is 1.32. The van der Waals surface area contributed by atoms with Crippen molar-refractivity contribution in [2.75, 3.05) is 5.32 Å². The first kappa shape index (κ1) is 16.5. The molecule has 1 atom stereocenters. The molecule has 2 heterocycles. The molecule has 0 saturated heterocycles. The Bertz CT molecular complexity index is 899. The molecule has 3 aromatic rings. The van der Waals surface area contributed by atoms with Crippen molar-refractivity contribution >= 4 is 28.7 Å². The summed E-state index contributed by atoms with van der Waals surface area (Å²) in [5, 5.41) is 2.62. The summed E-state index contributed by atoms with van der Waals surface area (Å²) >= 11 is 0. The van der Waals surface area contributed by atoms with E-state index in [-0.39, 0.29) is 5.69 Å². The van der Waals surface area contributed by atoms with Gasteiger partial charge >= 0.3 is 5.97 Å². The lowest BCUT2D eigenvalue weighted by atomic mass is 10.2. The summed E-state index contributed by atoms with van der Waals surface area (Å²) in [6, 6.07) is 12.3. The van der Waals surface area contributed by atoms with Crippen LogP contribution in [0.2, 0.25) is 0 Å². The van der Waals surface area contributed by atoms with E-state index in [0.29, 0.717) is 23.3 Å². The van der Waals surface area contributed by atoms with E-state index in [1.807, 2.05) is 6.07 Å². The van der Waals surface area contributed by atoms with E-state index in [2.05, 4.69) is 20.3 Å². The topological polar surface area (TPSA) is 94.1 Å². The van der Waals surface area contributed by atoms with Crippen LogP contribution >= 0.6 is 0 Å². The minimum absolute atomic E-state index is 0.0581. The number of hydrogen-bond donors (Lipinski definition) is 1. The van der Waals surface area contributed by atoms with Crippen LogP contribution in [0.15, 0.2) is 54.9 Å². The van der Waals surface area contributed by atoms with E-state index in [0.717, 1.165) is 0 Å². The average molecular weight is 336 g/mol. The maximum absolute atomic E-state index is 12.3. The maximum Gasteiger partial charge on any atom is 0.359 e. The molecule has 0 spiro atoms. The van der Waals surface area contributed by atoms with Gasteiger partial charge in [-0.2, -0.15) is 0 Å². The van der Waals surface area contributed by atoms with Crippen molar-refractivity contribution < 1.29 is 14.3 Å². The Morgan fingerprint density at radius 1 is 1.08 bits per heavy atom. The van der Waals surface area contributed by atoms with Gasteiger partial charge in [-0.1, -0.05) is 25.1 Å². The summed E-state index contributed by atoms with van der Waals surface area (Å²) < 4.78 is 5.29. The second-order valence-corrected chi connectivity index (χ2v) is 5.25. The number of nitrogens with one attached hydrogen (secondary N) is 1. The van der Waals surface area contributed by atoms with E-state index in [9.17, 15) is 9.59 Å². The summed E-state index contributed by atoms with van der Waals surface area (Å²) in [7, 11) is 0. The Hall–Kier alpha value is -3.35. The molecule has 3 rings (SSSR count). The SMILES string of the molecule is CCC(OC(=O)c1cnc2ccccc2n1)C(=O)Nc1ccccn1. The molecule has 25 heavy (non-hydrogen) atoms. The second kappa shape index (κ2) is 7.48. The van der Waals surface area contributed by atoms with Crippen molar-refractivity contribution in [2.45, 2.75) is 19.4 Å². The van der Waals surface area contributed by atoms with Gasteiger partial charge in [0.2, 0.25) is 0 Å². The molecule has 2 aromatic heterocycles. The zero-order valence-electron chi connectivity index (χ0n) is 13.5. The molecule has 1 N–H and O–H groups in total. The number of pyridine rings is 1. The van der Waals surface area contributed by atoms with Crippen molar-refractivity contribution in [1.29, 1.82) is 0 Å². The Balaban J connectivity index is 1.71. The standard InChI is InChI=1S/C18H16N4O3/c1-2-15(17(23)22-16-9-5-6-10-19-16)25-18(24)14-11-20-12-7-3-4-8-13(12)21-14/h3-11,15H,2H2,1H3,(H,19,22,23). The van der Waals surface area contributed by atoms with Gasteiger partial charge in [0.1, 0.15) is 5.82 Å². The number of nitrogens with zero attached hydrogens (tertiary/aromatic N) is 3. The van der Waals surface area contributed by atoms with Crippen LogP contribution in [0.4, 0.5) is 5.82 Å². The number of fused-ring (bicyclic) bond motifs is 1. The molecule has 0 fully saturated rings. The highest BCUT2D eigenvalue weighted by molar-refractivity contribution is 5.96. The van der Waals surface area contributed by atoms with Crippen LogP contribution < -0.4 is 5.32 Å². The zero-order chi connectivity index (χ0) is 17.6. The fourth-order valence-electron chi connectivity index (χ4n) is 2.21. The van der Waals surface area contributed by atoms with E-state index < -0.39 is 18.0 Å². The van der Waals surface area contributed by atoms with Crippen LogP contribution in [0, 0.1) is 0 Å². The fourth-order valence-corrected chi connectivity index (χ4v) is 2.21. The highest BCUT2D eigenvalue weighted by Crippen LogP contribution is 2.11. The number of aromatic nitrogens is 3. The molecule has 7 nitrogen and oxygen atoms in total. The lowest BCUT2D eigenvalue weighted by molar-refractivity contribution is -0.124. The van der Waals surface area contributed by atoms with Crippen molar-refractivity contribution in [1.82, 2.24) is 15.0 Å². The van der Waals surface area contributed by atoms with Crippen LogP contribution in [0.1, 0.15) is 23.8 Å². The number of carbonyl (C=O) groups excluding carboxylic acids is 2. The van der Waals surface area contributed by atoms with Crippen LogP contribution in [0.3, 0.4) is 0 Å². The monoisotopic (exact) mass is 336 g/mol. The molecule has 7 heteroatoms. The van der Waals surface area contributed by atoms with Crippen molar-refractivity contribution in [3.63, 3.8) is 0 Å². The van der Waals surface area contributed by atoms with Crippen molar-refractivity contribution in [2.24, 2.45) is 0 Å². The molecule has 1 amide bonds. The van der Waals surface area contributed by atoms with E-state index in [1.54, 1.807) is 49.5 Å². The number of hydrogen-bond acceptors (Lipinski definition) is 6. The molecule has 0 saturated carbocycles. The van der Waals surface area contributed by atoms with Gasteiger partial charge < -0.3 is 10.1 Å². The minimum atomic E-state index is -0.942. The lowest BCUT2D eigenvalue weighted by Gasteiger charge is -2.15. The van der Waals surface area contributed by atoms with Gasteiger partial charge in [0, 0.05) is 6.20 Å². The van der Waals surface area contributed by atoms with Gasteiger partial charge in [-0.3, -0.25) is 9.78 Å². The first-order valence-electron chi connectivity index (χ1n) is 7.82. The molecular weight excluding hydrogens is 320 g/mol. The smallest absolute Gasteiger partial charge is 0.359 e. The first-order valence-corrected chi connectivity index (χ1v) is 7.82. The maximum atomic E-state index is 12.3. The normalized spacial score (nSPS) is 11.7. The predicted octanol–water partition coefficient (Wildman–Crippen LogP) is 2.60. The number of benzene rings is 1. The molecular formula is C18H16N4O3. The zero-order valence-corrected chi connectivity index (χ0v) is 13.5. The summed E-state index contributed by atoms with van der Waals surface area (Å²) in [4.78, 5) is 37.0.